The largest absolute Gasteiger partial charge is 0.401 e. The molecule has 2 aliphatic heterocycles. The van der Waals surface area contributed by atoms with E-state index in [9.17, 15) is 18.0 Å². The Hall–Kier alpha value is -0.820. The number of carbonyl (C=O) groups excluding carboxylic acids is 1. The van der Waals surface area contributed by atoms with Gasteiger partial charge < -0.3 is 10.2 Å². The van der Waals surface area contributed by atoms with E-state index in [-0.39, 0.29) is 11.9 Å². The van der Waals surface area contributed by atoms with Crippen molar-refractivity contribution < 1.29 is 18.0 Å². The van der Waals surface area contributed by atoms with Gasteiger partial charge in [-0.3, -0.25) is 9.69 Å². The lowest BCUT2D eigenvalue weighted by atomic mass is 9.93. The zero-order valence-electron chi connectivity index (χ0n) is 11.7. The molecule has 2 fully saturated rings. The number of piperazine rings is 1. The van der Waals surface area contributed by atoms with Crippen molar-refractivity contribution in [1.29, 1.82) is 0 Å². The molecule has 20 heavy (non-hydrogen) atoms. The van der Waals surface area contributed by atoms with Crippen LogP contribution < -0.4 is 5.32 Å². The van der Waals surface area contributed by atoms with E-state index in [1.807, 2.05) is 0 Å². The molecule has 0 aromatic heterocycles. The van der Waals surface area contributed by atoms with E-state index in [0.717, 1.165) is 19.4 Å². The summed E-state index contributed by atoms with van der Waals surface area (Å²) >= 11 is 0. The molecule has 4 nitrogen and oxygen atoms in total. The first-order valence-electron chi connectivity index (χ1n) is 7.16. The van der Waals surface area contributed by atoms with Crippen molar-refractivity contribution in [3.8, 4) is 0 Å². The highest BCUT2D eigenvalue weighted by molar-refractivity contribution is 5.82. The molecule has 1 N–H and O–H groups in total. The molecule has 2 heterocycles. The van der Waals surface area contributed by atoms with E-state index >= 15 is 0 Å². The molecule has 0 aromatic rings. The number of hydrogen-bond donors (Lipinski definition) is 1. The number of amides is 1. The van der Waals surface area contributed by atoms with Gasteiger partial charge in [-0.15, -0.1) is 0 Å². The van der Waals surface area contributed by atoms with E-state index < -0.39 is 12.7 Å². The quantitative estimate of drug-likeness (QED) is 0.827. The minimum absolute atomic E-state index is 0.0446. The monoisotopic (exact) mass is 293 g/mol. The number of piperidine rings is 1. The molecule has 2 unspecified atom stereocenters. The third-order valence-corrected chi connectivity index (χ3v) is 4.05. The predicted molar refractivity (Wildman–Crippen MR) is 69.3 cm³/mol. The Morgan fingerprint density at radius 3 is 2.45 bits per heavy atom. The molecular weight excluding hydrogens is 271 g/mol. The predicted octanol–water partition coefficient (Wildman–Crippen LogP) is 1.08. The van der Waals surface area contributed by atoms with Crippen LogP contribution in [0.1, 0.15) is 19.8 Å². The minimum Gasteiger partial charge on any atom is -0.339 e. The van der Waals surface area contributed by atoms with Gasteiger partial charge in [0, 0.05) is 26.2 Å². The second kappa shape index (κ2) is 6.30. The van der Waals surface area contributed by atoms with Crippen molar-refractivity contribution in [3.05, 3.63) is 0 Å². The number of carbonyl (C=O) groups is 1. The van der Waals surface area contributed by atoms with E-state index in [1.54, 1.807) is 4.90 Å². The van der Waals surface area contributed by atoms with Gasteiger partial charge >= 0.3 is 6.18 Å². The fourth-order valence-electron chi connectivity index (χ4n) is 2.90. The number of nitrogens with zero attached hydrogens (tertiary/aromatic N) is 2. The highest BCUT2D eigenvalue weighted by Gasteiger charge is 2.34. The molecule has 0 spiro atoms. The average Bonchev–Trinajstić information content (AvgIpc) is 2.37. The number of halogens is 3. The topological polar surface area (TPSA) is 35.6 Å². The molecule has 2 rings (SSSR count). The summed E-state index contributed by atoms with van der Waals surface area (Å²) in [5.41, 5.74) is 0. The highest BCUT2D eigenvalue weighted by Crippen LogP contribution is 2.19. The smallest absolute Gasteiger partial charge is 0.339 e. The summed E-state index contributed by atoms with van der Waals surface area (Å²) in [4.78, 5) is 15.4. The van der Waals surface area contributed by atoms with E-state index in [4.69, 9.17) is 0 Å². The van der Waals surface area contributed by atoms with Crippen LogP contribution in [-0.4, -0.2) is 67.2 Å². The molecule has 0 bridgehead atoms. The van der Waals surface area contributed by atoms with Gasteiger partial charge in [0.2, 0.25) is 5.91 Å². The zero-order chi connectivity index (χ0) is 14.8. The summed E-state index contributed by atoms with van der Waals surface area (Å²) in [6.45, 7) is 3.46. The third-order valence-electron chi connectivity index (χ3n) is 4.05. The second-order valence-electron chi connectivity index (χ2n) is 5.85. The summed E-state index contributed by atoms with van der Waals surface area (Å²) in [6.07, 6.45) is -2.27. The van der Waals surface area contributed by atoms with Crippen molar-refractivity contribution in [2.75, 3.05) is 39.3 Å². The molecule has 7 heteroatoms. The lowest BCUT2D eigenvalue weighted by molar-refractivity contribution is -0.152. The Morgan fingerprint density at radius 2 is 1.90 bits per heavy atom. The molecule has 2 atom stereocenters. The Bertz CT molecular complexity index is 340. The van der Waals surface area contributed by atoms with Gasteiger partial charge in [-0.25, -0.2) is 0 Å². The number of rotatable bonds is 2. The van der Waals surface area contributed by atoms with Crippen molar-refractivity contribution >= 4 is 5.91 Å². The van der Waals surface area contributed by atoms with Crippen LogP contribution in [0, 0.1) is 5.92 Å². The van der Waals surface area contributed by atoms with Crippen LogP contribution >= 0.6 is 0 Å². The maximum absolute atomic E-state index is 12.3. The third kappa shape index (κ3) is 4.34. The SMILES string of the molecule is CC1CCNC(C(=O)N2CCN(CC(F)(F)F)CC2)C1. The van der Waals surface area contributed by atoms with E-state index in [1.165, 1.54) is 4.90 Å². The molecule has 0 saturated carbocycles. The minimum atomic E-state index is -4.16. The molecule has 2 aliphatic rings. The standard InChI is InChI=1S/C13H22F3N3O/c1-10-2-3-17-11(8-10)12(20)19-6-4-18(5-7-19)9-13(14,15)16/h10-11,17H,2-9H2,1H3. The van der Waals surface area contributed by atoms with Gasteiger partial charge in [-0.2, -0.15) is 13.2 Å². The van der Waals surface area contributed by atoms with Crippen molar-refractivity contribution in [2.24, 2.45) is 5.92 Å². The maximum atomic E-state index is 12.3. The Morgan fingerprint density at radius 1 is 1.25 bits per heavy atom. The number of nitrogens with one attached hydrogen (secondary N) is 1. The first-order chi connectivity index (χ1) is 9.35. The molecule has 0 aliphatic carbocycles. The van der Waals surface area contributed by atoms with Gasteiger partial charge in [0.05, 0.1) is 12.6 Å². The molecular formula is C13H22F3N3O. The molecule has 116 valence electrons. The van der Waals surface area contributed by atoms with E-state index in [2.05, 4.69) is 12.2 Å². The van der Waals surface area contributed by atoms with Crippen molar-refractivity contribution in [1.82, 2.24) is 15.1 Å². The fraction of sp³-hybridized carbons (Fsp3) is 0.923. The lowest BCUT2D eigenvalue weighted by Crippen LogP contribution is -2.56. The molecule has 0 radical (unpaired) electrons. The van der Waals surface area contributed by atoms with Crippen molar-refractivity contribution in [2.45, 2.75) is 32.0 Å². The van der Waals surface area contributed by atoms with Crippen molar-refractivity contribution in [3.63, 3.8) is 0 Å². The lowest BCUT2D eigenvalue weighted by Gasteiger charge is -2.38. The first kappa shape index (κ1) is 15.6. The van der Waals surface area contributed by atoms with Crippen LogP contribution in [0.3, 0.4) is 0 Å². The van der Waals surface area contributed by atoms with Crippen LogP contribution in [0.4, 0.5) is 13.2 Å². The molecule has 1 amide bonds. The molecule has 2 saturated heterocycles. The van der Waals surface area contributed by atoms with Crippen LogP contribution in [0.25, 0.3) is 0 Å². The zero-order valence-corrected chi connectivity index (χ0v) is 11.7. The first-order valence-corrected chi connectivity index (χ1v) is 7.16. The summed E-state index contributed by atoms with van der Waals surface area (Å²) < 4.78 is 36.9. The summed E-state index contributed by atoms with van der Waals surface area (Å²) in [7, 11) is 0. The van der Waals surface area contributed by atoms with Crippen LogP contribution in [0.15, 0.2) is 0 Å². The highest BCUT2D eigenvalue weighted by atomic mass is 19.4. The van der Waals surface area contributed by atoms with Gasteiger partial charge in [-0.05, 0) is 25.3 Å². The Kier molecular flexibility index (Phi) is 4.90. The average molecular weight is 293 g/mol. The summed E-state index contributed by atoms with van der Waals surface area (Å²) in [6, 6.07) is -0.159. The van der Waals surface area contributed by atoms with Gasteiger partial charge in [-0.1, -0.05) is 6.92 Å². The number of alkyl halides is 3. The van der Waals surface area contributed by atoms with Gasteiger partial charge in [0.15, 0.2) is 0 Å². The normalized spacial score (nSPS) is 29.5. The second-order valence-corrected chi connectivity index (χ2v) is 5.85. The van der Waals surface area contributed by atoms with E-state index in [0.29, 0.717) is 32.1 Å². The Labute approximate surface area is 117 Å². The van der Waals surface area contributed by atoms with Gasteiger partial charge in [0.25, 0.3) is 0 Å². The summed E-state index contributed by atoms with van der Waals surface area (Å²) in [5, 5.41) is 3.21. The van der Waals surface area contributed by atoms with Crippen LogP contribution in [0.5, 0.6) is 0 Å². The molecule has 0 aromatic carbocycles. The summed E-state index contributed by atoms with van der Waals surface area (Å²) in [5.74, 6) is 0.569. The number of hydrogen-bond acceptors (Lipinski definition) is 3. The Balaban J connectivity index is 1.79. The van der Waals surface area contributed by atoms with Crippen LogP contribution in [-0.2, 0) is 4.79 Å². The van der Waals surface area contributed by atoms with Gasteiger partial charge in [0.1, 0.15) is 0 Å². The maximum Gasteiger partial charge on any atom is 0.401 e. The fourth-order valence-corrected chi connectivity index (χ4v) is 2.90. The van der Waals surface area contributed by atoms with Crippen LogP contribution in [0.2, 0.25) is 0 Å².